The molecule has 0 radical (unpaired) electrons. The summed E-state index contributed by atoms with van der Waals surface area (Å²) in [5, 5.41) is 8.53. The summed E-state index contributed by atoms with van der Waals surface area (Å²) in [5.41, 5.74) is -1.36. The van der Waals surface area contributed by atoms with Crippen LogP contribution in [0.3, 0.4) is 0 Å². The van der Waals surface area contributed by atoms with Crippen molar-refractivity contribution in [3.05, 3.63) is 29.1 Å². The minimum atomic E-state index is -2.32. The Morgan fingerprint density at radius 3 is 1.84 bits per heavy atom. The third-order valence-corrected chi connectivity index (χ3v) is 2.11. The van der Waals surface area contributed by atoms with Crippen LogP contribution in [0.25, 0.3) is 0 Å². The van der Waals surface area contributed by atoms with Gasteiger partial charge in [0.25, 0.3) is 0 Å². The highest BCUT2D eigenvalue weighted by molar-refractivity contribution is 5.74. The molecule has 0 saturated heterocycles. The van der Waals surface area contributed by atoms with Gasteiger partial charge in [-0.2, -0.15) is 0 Å². The summed E-state index contributed by atoms with van der Waals surface area (Å²) in [4.78, 5) is 10.9. The molecular weight excluding hydrogens is 273 g/mol. The normalized spacial score (nSPS) is 10.1. The van der Waals surface area contributed by atoms with Crippen LogP contribution in [0.1, 0.15) is 0 Å². The van der Waals surface area contributed by atoms with E-state index in [4.69, 9.17) is 11.5 Å². The van der Waals surface area contributed by atoms with Gasteiger partial charge in [0.05, 0.1) is 6.54 Å². The van der Waals surface area contributed by atoms with Crippen molar-refractivity contribution < 1.29 is 31.9 Å². The van der Waals surface area contributed by atoms with Crippen LogP contribution in [0.4, 0.5) is 27.6 Å². The number of aliphatic carboxylic acids is 1. The molecule has 0 spiro atoms. The lowest BCUT2D eigenvalue weighted by Gasteiger charge is -2.21. The zero-order chi connectivity index (χ0) is 14.7. The Morgan fingerprint density at radius 2 is 1.47 bits per heavy atom. The summed E-state index contributed by atoms with van der Waals surface area (Å²) in [5.74, 6) is -10.6. The van der Waals surface area contributed by atoms with Crippen molar-refractivity contribution in [1.29, 1.82) is 0 Å². The van der Waals surface area contributed by atoms with Gasteiger partial charge in [-0.1, -0.05) is 5.92 Å². The van der Waals surface area contributed by atoms with Crippen LogP contribution in [0.2, 0.25) is 0 Å². The molecule has 0 heterocycles. The third-order valence-electron chi connectivity index (χ3n) is 2.11. The lowest BCUT2D eigenvalue weighted by atomic mass is 10.2. The predicted octanol–water partition coefficient (Wildman–Crippen LogP) is 1.91. The van der Waals surface area contributed by atoms with Crippen LogP contribution in [-0.4, -0.2) is 24.2 Å². The first-order valence-corrected chi connectivity index (χ1v) is 4.72. The predicted molar refractivity (Wildman–Crippen MR) is 54.9 cm³/mol. The number of benzene rings is 1. The van der Waals surface area contributed by atoms with E-state index in [1.54, 1.807) is 0 Å². The number of anilines is 1. The summed E-state index contributed by atoms with van der Waals surface area (Å²) >= 11 is 0. The lowest BCUT2D eigenvalue weighted by Crippen LogP contribution is -2.32. The highest BCUT2D eigenvalue weighted by atomic mass is 19.2. The number of carbonyl (C=O) groups is 1. The van der Waals surface area contributed by atoms with Gasteiger partial charge in [-0.25, -0.2) is 22.0 Å². The molecule has 1 N–H and O–H groups in total. The molecule has 19 heavy (non-hydrogen) atoms. The molecule has 1 aromatic carbocycles. The Hall–Kier alpha value is -2.30. The zero-order valence-electron chi connectivity index (χ0n) is 9.18. The molecule has 0 aliphatic carbocycles. The fourth-order valence-electron chi connectivity index (χ4n) is 1.36. The summed E-state index contributed by atoms with van der Waals surface area (Å²) in [6.45, 7) is -1.65. The van der Waals surface area contributed by atoms with Crippen LogP contribution in [0.5, 0.6) is 0 Å². The molecule has 0 amide bonds. The van der Waals surface area contributed by atoms with Crippen LogP contribution in [0, 0.1) is 41.4 Å². The van der Waals surface area contributed by atoms with E-state index in [0.29, 0.717) is 4.90 Å². The summed E-state index contributed by atoms with van der Waals surface area (Å²) < 4.78 is 65.5. The maximum Gasteiger partial charge on any atom is 0.323 e. The average Bonchev–Trinajstić information content (AvgIpc) is 2.34. The van der Waals surface area contributed by atoms with Crippen molar-refractivity contribution in [2.75, 3.05) is 18.0 Å². The van der Waals surface area contributed by atoms with E-state index in [0.717, 1.165) is 0 Å². The van der Waals surface area contributed by atoms with Crippen LogP contribution < -0.4 is 4.90 Å². The Balaban J connectivity index is 3.47. The largest absolute Gasteiger partial charge is 0.480 e. The van der Waals surface area contributed by atoms with Crippen molar-refractivity contribution in [3.8, 4) is 12.3 Å². The number of rotatable bonds is 4. The van der Waals surface area contributed by atoms with Crippen molar-refractivity contribution in [2.24, 2.45) is 0 Å². The SMILES string of the molecule is C#CCN(CC(=O)O)c1c(F)c(F)c(F)c(F)c1F. The molecule has 0 aromatic heterocycles. The third kappa shape index (κ3) is 2.76. The zero-order valence-corrected chi connectivity index (χ0v) is 9.18. The molecule has 0 atom stereocenters. The first kappa shape index (κ1) is 14.8. The van der Waals surface area contributed by atoms with E-state index >= 15 is 0 Å². The molecule has 102 valence electrons. The lowest BCUT2D eigenvalue weighted by molar-refractivity contribution is -0.135. The van der Waals surface area contributed by atoms with Gasteiger partial charge in [0.1, 0.15) is 12.2 Å². The molecule has 0 saturated carbocycles. The molecule has 1 aromatic rings. The van der Waals surface area contributed by atoms with Gasteiger partial charge in [0, 0.05) is 0 Å². The van der Waals surface area contributed by atoms with Gasteiger partial charge in [-0.3, -0.25) is 4.79 Å². The number of nitrogens with zero attached hydrogens (tertiary/aromatic N) is 1. The quantitative estimate of drug-likeness (QED) is 0.396. The van der Waals surface area contributed by atoms with E-state index in [2.05, 4.69) is 0 Å². The Morgan fingerprint density at radius 1 is 1.05 bits per heavy atom. The van der Waals surface area contributed by atoms with E-state index in [9.17, 15) is 26.7 Å². The second-order valence-electron chi connectivity index (χ2n) is 3.37. The minimum absolute atomic E-state index is 0.360. The second-order valence-corrected chi connectivity index (χ2v) is 3.37. The highest BCUT2D eigenvalue weighted by Crippen LogP contribution is 2.29. The van der Waals surface area contributed by atoms with Gasteiger partial charge < -0.3 is 10.0 Å². The van der Waals surface area contributed by atoms with E-state index in [1.165, 1.54) is 0 Å². The number of terminal acetylenes is 1. The van der Waals surface area contributed by atoms with Crippen LogP contribution in [0.15, 0.2) is 0 Å². The number of carboxylic acids is 1. The monoisotopic (exact) mass is 279 g/mol. The molecule has 8 heteroatoms. The second kappa shape index (κ2) is 5.56. The van der Waals surface area contributed by atoms with Crippen LogP contribution >= 0.6 is 0 Å². The number of hydrogen-bond donors (Lipinski definition) is 1. The molecular formula is C11H6F5NO2. The van der Waals surface area contributed by atoms with Crippen molar-refractivity contribution in [3.63, 3.8) is 0 Å². The van der Waals surface area contributed by atoms with E-state index < -0.39 is 53.8 Å². The molecule has 0 aliphatic heterocycles. The van der Waals surface area contributed by atoms with Crippen molar-refractivity contribution >= 4 is 11.7 Å². The van der Waals surface area contributed by atoms with Gasteiger partial charge in [0.2, 0.25) is 5.82 Å². The Labute approximate surface area is 104 Å². The topological polar surface area (TPSA) is 40.5 Å². The van der Waals surface area contributed by atoms with Crippen molar-refractivity contribution in [2.45, 2.75) is 0 Å². The van der Waals surface area contributed by atoms with Gasteiger partial charge in [-0.05, 0) is 0 Å². The average molecular weight is 279 g/mol. The fraction of sp³-hybridized carbons (Fsp3) is 0.182. The molecule has 3 nitrogen and oxygen atoms in total. The Bertz CT molecular complexity index is 538. The Kier molecular flexibility index (Phi) is 4.32. The molecule has 0 bridgehead atoms. The van der Waals surface area contributed by atoms with Gasteiger partial charge in [-0.15, -0.1) is 6.42 Å². The summed E-state index contributed by atoms with van der Waals surface area (Å²) in [6.07, 6.45) is 4.86. The first-order chi connectivity index (χ1) is 8.81. The maximum absolute atomic E-state index is 13.4. The fourth-order valence-corrected chi connectivity index (χ4v) is 1.36. The summed E-state index contributed by atoms with van der Waals surface area (Å²) in [7, 11) is 0. The molecule has 0 aliphatic rings. The minimum Gasteiger partial charge on any atom is -0.480 e. The summed E-state index contributed by atoms with van der Waals surface area (Å²) in [6, 6.07) is 0. The standard InChI is InChI=1S/C11H6F5NO2/c1-2-3-17(4-5(18)19)11-9(15)7(13)6(12)8(14)10(11)16/h1H,3-4H2,(H,18,19). The van der Waals surface area contributed by atoms with Crippen molar-refractivity contribution in [1.82, 2.24) is 0 Å². The van der Waals surface area contributed by atoms with E-state index in [-0.39, 0.29) is 0 Å². The smallest absolute Gasteiger partial charge is 0.323 e. The molecule has 0 fully saturated rings. The number of carboxylic acid groups (broad SMARTS) is 1. The number of halogens is 5. The first-order valence-electron chi connectivity index (χ1n) is 4.72. The highest BCUT2D eigenvalue weighted by Gasteiger charge is 2.29. The number of hydrogen-bond acceptors (Lipinski definition) is 2. The van der Waals surface area contributed by atoms with E-state index in [1.807, 2.05) is 5.92 Å². The van der Waals surface area contributed by atoms with Crippen LogP contribution in [-0.2, 0) is 4.79 Å². The molecule has 0 unspecified atom stereocenters. The van der Waals surface area contributed by atoms with Gasteiger partial charge in [0.15, 0.2) is 23.3 Å². The van der Waals surface area contributed by atoms with Gasteiger partial charge >= 0.3 is 5.97 Å². The maximum atomic E-state index is 13.4. The molecule has 1 rings (SSSR count).